The van der Waals surface area contributed by atoms with E-state index in [0.29, 0.717) is 11.1 Å². The first-order valence-corrected chi connectivity index (χ1v) is 7.78. The van der Waals surface area contributed by atoms with E-state index in [1.807, 2.05) is 0 Å². The molecule has 1 amide bonds. The molecule has 7 heteroatoms. The number of nitrogens with one attached hydrogen (secondary N) is 1. The van der Waals surface area contributed by atoms with Gasteiger partial charge in [-0.15, -0.1) is 0 Å². The highest BCUT2D eigenvalue weighted by Gasteiger charge is 2.24. The number of aliphatic carboxylic acids is 1. The molecule has 1 aromatic heterocycles. The van der Waals surface area contributed by atoms with Crippen LogP contribution in [0, 0.1) is 0 Å². The third kappa shape index (κ3) is 3.51. The van der Waals surface area contributed by atoms with Gasteiger partial charge in [0.1, 0.15) is 5.69 Å². The van der Waals surface area contributed by atoms with Crippen LogP contribution in [-0.2, 0) is 4.79 Å². The Balaban J connectivity index is 1.98. The van der Waals surface area contributed by atoms with Crippen LogP contribution in [0.15, 0.2) is 78.0 Å². The van der Waals surface area contributed by atoms with E-state index < -0.39 is 23.5 Å². The second-order valence-electron chi connectivity index (χ2n) is 5.49. The molecule has 0 aliphatic rings. The molecule has 130 valence electrons. The Morgan fingerprint density at radius 1 is 1.00 bits per heavy atom. The van der Waals surface area contributed by atoms with Gasteiger partial charge in [0.25, 0.3) is 11.5 Å². The Labute approximate surface area is 148 Å². The number of anilines is 1. The van der Waals surface area contributed by atoms with Crippen molar-refractivity contribution in [2.75, 3.05) is 5.32 Å². The fourth-order valence-electron chi connectivity index (χ4n) is 2.54. The van der Waals surface area contributed by atoms with Crippen molar-refractivity contribution >= 4 is 17.6 Å². The van der Waals surface area contributed by atoms with Crippen LogP contribution >= 0.6 is 0 Å². The number of rotatable bonds is 5. The number of aromatic nitrogens is 2. The Bertz CT molecular complexity index is 984. The SMILES string of the molecule is O=C(Nc1cncn(C(C(=O)O)c2ccccc2)c1=O)c1ccccc1. The number of carbonyl (C=O) groups excluding carboxylic acids is 1. The fraction of sp³-hybridized carbons (Fsp3) is 0.0526. The third-order valence-corrected chi connectivity index (χ3v) is 3.77. The van der Waals surface area contributed by atoms with Crippen LogP contribution < -0.4 is 10.9 Å². The molecule has 0 fully saturated rings. The third-order valence-electron chi connectivity index (χ3n) is 3.77. The molecule has 0 spiro atoms. The van der Waals surface area contributed by atoms with Crippen LogP contribution in [0.25, 0.3) is 0 Å². The molecule has 0 bridgehead atoms. The van der Waals surface area contributed by atoms with Gasteiger partial charge in [-0.2, -0.15) is 0 Å². The number of carbonyl (C=O) groups is 2. The molecular formula is C19H15N3O4. The molecule has 7 nitrogen and oxygen atoms in total. The van der Waals surface area contributed by atoms with E-state index in [1.165, 1.54) is 6.20 Å². The summed E-state index contributed by atoms with van der Waals surface area (Å²) in [4.78, 5) is 40.6. The van der Waals surface area contributed by atoms with Crippen molar-refractivity contribution in [1.82, 2.24) is 9.55 Å². The Morgan fingerprint density at radius 2 is 1.62 bits per heavy atom. The van der Waals surface area contributed by atoms with Gasteiger partial charge in [0.2, 0.25) is 0 Å². The quantitative estimate of drug-likeness (QED) is 0.735. The summed E-state index contributed by atoms with van der Waals surface area (Å²) in [5.41, 5.74) is 0.0552. The van der Waals surface area contributed by atoms with E-state index in [-0.39, 0.29) is 5.69 Å². The second-order valence-corrected chi connectivity index (χ2v) is 5.49. The van der Waals surface area contributed by atoms with Crippen molar-refractivity contribution in [2.45, 2.75) is 6.04 Å². The van der Waals surface area contributed by atoms with Crippen molar-refractivity contribution in [2.24, 2.45) is 0 Å². The van der Waals surface area contributed by atoms with Gasteiger partial charge in [0.15, 0.2) is 6.04 Å². The summed E-state index contributed by atoms with van der Waals surface area (Å²) < 4.78 is 0.984. The first-order valence-electron chi connectivity index (χ1n) is 7.78. The summed E-state index contributed by atoms with van der Waals surface area (Å²) in [5.74, 6) is -1.68. The molecule has 26 heavy (non-hydrogen) atoms. The molecule has 3 rings (SSSR count). The maximum absolute atomic E-state index is 12.7. The molecule has 0 aliphatic heterocycles. The highest BCUT2D eigenvalue weighted by atomic mass is 16.4. The van der Waals surface area contributed by atoms with E-state index in [2.05, 4.69) is 10.3 Å². The van der Waals surface area contributed by atoms with Gasteiger partial charge in [-0.1, -0.05) is 48.5 Å². The summed E-state index contributed by atoms with van der Waals surface area (Å²) in [6.45, 7) is 0. The summed E-state index contributed by atoms with van der Waals surface area (Å²) in [5, 5.41) is 12.1. The standard InChI is InChI=1S/C19H15N3O4/c23-17(14-9-5-2-6-10-14)21-15-11-20-12-22(18(15)24)16(19(25)26)13-7-3-1-4-8-13/h1-12,16H,(H,21,23)(H,25,26). The van der Waals surface area contributed by atoms with Crippen molar-refractivity contribution in [3.05, 3.63) is 94.7 Å². The van der Waals surface area contributed by atoms with E-state index in [9.17, 15) is 19.5 Å². The topological polar surface area (TPSA) is 101 Å². The van der Waals surface area contributed by atoms with Gasteiger partial charge < -0.3 is 10.4 Å². The molecule has 0 aliphatic carbocycles. The van der Waals surface area contributed by atoms with Crippen LogP contribution in [0.2, 0.25) is 0 Å². The van der Waals surface area contributed by atoms with Gasteiger partial charge in [-0.25, -0.2) is 9.78 Å². The molecule has 2 N–H and O–H groups in total. The summed E-state index contributed by atoms with van der Waals surface area (Å²) in [6.07, 6.45) is 2.34. The average Bonchev–Trinajstić information content (AvgIpc) is 2.66. The van der Waals surface area contributed by atoms with Crippen LogP contribution in [0.3, 0.4) is 0 Å². The summed E-state index contributed by atoms with van der Waals surface area (Å²) in [6, 6.07) is 15.5. The normalized spacial score (nSPS) is 11.5. The van der Waals surface area contributed by atoms with Crippen LogP contribution in [0.1, 0.15) is 22.0 Å². The van der Waals surface area contributed by atoms with Gasteiger partial charge in [-0.3, -0.25) is 14.2 Å². The minimum atomic E-state index is -1.25. The number of carboxylic acid groups (broad SMARTS) is 1. The fourth-order valence-corrected chi connectivity index (χ4v) is 2.54. The van der Waals surface area contributed by atoms with Gasteiger partial charge >= 0.3 is 5.97 Å². The molecule has 0 saturated carbocycles. The van der Waals surface area contributed by atoms with E-state index >= 15 is 0 Å². The first kappa shape index (κ1) is 17.1. The maximum atomic E-state index is 12.7. The number of benzene rings is 2. The lowest BCUT2D eigenvalue weighted by atomic mass is 10.1. The zero-order valence-corrected chi connectivity index (χ0v) is 13.6. The van der Waals surface area contributed by atoms with Crippen molar-refractivity contribution in [1.29, 1.82) is 0 Å². The number of carboxylic acids is 1. The second kappa shape index (κ2) is 7.43. The maximum Gasteiger partial charge on any atom is 0.331 e. The Morgan fingerprint density at radius 3 is 2.23 bits per heavy atom. The minimum absolute atomic E-state index is 0.0939. The predicted molar refractivity (Wildman–Crippen MR) is 95.1 cm³/mol. The monoisotopic (exact) mass is 349 g/mol. The van der Waals surface area contributed by atoms with Crippen LogP contribution in [-0.4, -0.2) is 26.5 Å². The number of hydrogen-bond acceptors (Lipinski definition) is 4. The van der Waals surface area contributed by atoms with E-state index in [1.54, 1.807) is 60.7 Å². The number of nitrogens with zero attached hydrogens (tertiary/aromatic N) is 2. The largest absolute Gasteiger partial charge is 0.479 e. The molecule has 2 aromatic carbocycles. The minimum Gasteiger partial charge on any atom is -0.479 e. The Kier molecular flexibility index (Phi) is 4.89. The smallest absolute Gasteiger partial charge is 0.331 e. The van der Waals surface area contributed by atoms with Gasteiger partial charge in [-0.05, 0) is 17.7 Å². The lowest BCUT2D eigenvalue weighted by Gasteiger charge is -2.16. The highest BCUT2D eigenvalue weighted by Crippen LogP contribution is 2.17. The first-order chi connectivity index (χ1) is 12.6. The van der Waals surface area contributed by atoms with Gasteiger partial charge in [0, 0.05) is 5.56 Å². The molecule has 0 radical (unpaired) electrons. The molecule has 0 saturated heterocycles. The summed E-state index contributed by atoms with van der Waals surface area (Å²) >= 11 is 0. The number of amides is 1. The molecule has 1 heterocycles. The molecular weight excluding hydrogens is 334 g/mol. The zero-order valence-electron chi connectivity index (χ0n) is 13.6. The average molecular weight is 349 g/mol. The van der Waals surface area contributed by atoms with Crippen LogP contribution in [0.4, 0.5) is 5.69 Å². The zero-order chi connectivity index (χ0) is 18.5. The lowest BCUT2D eigenvalue weighted by Crippen LogP contribution is -2.33. The molecule has 1 unspecified atom stereocenters. The van der Waals surface area contributed by atoms with Gasteiger partial charge in [0.05, 0.1) is 12.5 Å². The number of hydrogen-bond donors (Lipinski definition) is 2. The lowest BCUT2D eigenvalue weighted by molar-refractivity contribution is -0.139. The summed E-state index contributed by atoms with van der Waals surface area (Å²) in [7, 11) is 0. The van der Waals surface area contributed by atoms with E-state index in [0.717, 1.165) is 10.9 Å². The molecule has 3 aromatic rings. The van der Waals surface area contributed by atoms with E-state index in [4.69, 9.17) is 0 Å². The Hall–Kier alpha value is -3.74. The van der Waals surface area contributed by atoms with Crippen LogP contribution in [0.5, 0.6) is 0 Å². The molecule has 1 atom stereocenters. The van der Waals surface area contributed by atoms with Crippen molar-refractivity contribution < 1.29 is 14.7 Å². The van der Waals surface area contributed by atoms with Crippen molar-refractivity contribution in [3.8, 4) is 0 Å². The predicted octanol–water partition coefficient (Wildman–Crippen LogP) is 2.17. The van der Waals surface area contributed by atoms with Crippen molar-refractivity contribution in [3.63, 3.8) is 0 Å². The highest BCUT2D eigenvalue weighted by molar-refractivity contribution is 6.04.